The number of hydrogen-bond donors (Lipinski definition) is 1. The van der Waals surface area contributed by atoms with Gasteiger partial charge in [-0.25, -0.2) is 9.78 Å². The summed E-state index contributed by atoms with van der Waals surface area (Å²) in [4.78, 5) is 30.5. The number of fused-ring (bicyclic) bond motifs is 1. The predicted molar refractivity (Wildman–Crippen MR) is 93.9 cm³/mol. The Morgan fingerprint density at radius 2 is 1.88 bits per heavy atom. The van der Waals surface area contributed by atoms with Crippen LogP contribution < -0.4 is 5.56 Å². The van der Waals surface area contributed by atoms with E-state index in [1.54, 1.807) is 48.5 Å². The first-order valence-corrected chi connectivity index (χ1v) is 7.51. The molecular weight excluding hydrogens is 328 g/mol. The molecule has 0 spiro atoms. The number of aromatic nitrogens is 2. The van der Waals surface area contributed by atoms with Gasteiger partial charge in [0, 0.05) is 0 Å². The molecule has 0 amide bonds. The van der Waals surface area contributed by atoms with Gasteiger partial charge in [-0.1, -0.05) is 35.9 Å². The smallest absolute Gasteiger partial charge is 0.337 e. The van der Waals surface area contributed by atoms with Gasteiger partial charge in [0.25, 0.3) is 5.56 Å². The lowest BCUT2D eigenvalue weighted by Crippen LogP contribution is -2.10. The number of halogens is 1. The van der Waals surface area contributed by atoms with Crippen molar-refractivity contribution in [3.8, 4) is 0 Å². The van der Waals surface area contributed by atoms with Crippen molar-refractivity contribution in [3.05, 3.63) is 75.8 Å². The van der Waals surface area contributed by atoms with Gasteiger partial charge in [-0.3, -0.25) is 4.79 Å². The molecule has 120 valence electrons. The zero-order valence-electron chi connectivity index (χ0n) is 12.7. The maximum Gasteiger partial charge on any atom is 0.337 e. The molecule has 6 heteroatoms. The lowest BCUT2D eigenvalue weighted by Gasteiger charge is -2.03. The molecule has 0 radical (unpaired) electrons. The Kier molecular flexibility index (Phi) is 4.44. The van der Waals surface area contributed by atoms with Gasteiger partial charge >= 0.3 is 5.97 Å². The van der Waals surface area contributed by atoms with Crippen LogP contribution in [0.3, 0.4) is 0 Å². The van der Waals surface area contributed by atoms with Crippen LogP contribution in [0.2, 0.25) is 0 Å². The van der Waals surface area contributed by atoms with Crippen LogP contribution in [-0.2, 0) is 4.74 Å². The third-order valence-corrected chi connectivity index (χ3v) is 3.75. The summed E-state index contributed by atoms with van der Waals surface area (Å²) >= 11 is 6.28. The van der Waals surface area contributed by atoms with Gasteiger partial charge in [-0.15, -0.1) is 0 Å². The van der Waals surface area contributed by atoms with Crippen LogP contribution >= 0.6 is 11.6 Å². The highest BCUT2D eigenvalue weighted by Gasteiger charge is 2.07. The van der Waals surface area contributed by atoms with Crippen molar-refractivity contribution in [2.24, 2.45) is 0 Å². The minimum absolute atomic E-state index is 0.247. The van der Waals surface area contributed by atoms with Gasteiger partial charge in [0.15, 0.2) is 5.82 Å². The van der Waals surface area contributed by atoms with E-state index in [0.717, 1.165) is 5.56 Å². The van der Waals surface area contributed by atoms with Crippen LogP contribution in [0.25, 0.3) is 22.0 Å². The molecule has 2 aromatic carbocycles. The Hall–Kier alpha value is -2.92. The first kappa shape index (κ1) is 16.0. The van der Waals surface area contributed by atoms with Crippen molar-refractivity contribution in [1.29, 1.82) is 0 Å². The molecule has 1 N–H and O–H groups in total. The molecule has 0 saturated heterocycles. The number of benzene rings is 2. The average molecular weight is 341 g/mol. The highest BCUT2D eigenvalue weighted by molar-refractivity contribution is 6.50. The first-order chi connectivity index (χ1) is 11.6. The number of H-pyrrole nitrogens is 1. The topological polar surface area (TPSA) is 72.0 Å². The highest BCUT2D eigenvalue weighted by atomic mass is 35.5. The van der Waals surface area contributed by atoms with E-state index in [0.29, 0.717) is 21.5 Å². The van der Waals surface area contributed by atoms with Crippen molar-refractivity contribution in [1.82, 2.24) is 9.97 Å². The maximum absolute atomic E-state index is 12.1. The second kappa shape index (κ2) is 6.68. The fraction of sp³-hybridized carbons (Fsp3) is 0.0556. The summed E-state index contributed by atoms with van der Waals surface area (Å²) in [6, 6.07) is 13.8. The average Bonchev–Trinajstić information content (AvgIpc) is 2.61. The van der Waals surface area contributed by atoms with Gasteiger partial charge in [0.05, 0.1) is 28.6 Å². The number of carbonyl (C=O) groups excluding carboxylic acids is 1. The second-order valence-corrected chi connectivity index (χ2v) is 5.44. The van der Waals surface area contributed by atoms with Crippen molar-refractivity contribution in [3.63, 3.8) is 0 Å². The van der Waals surface area contributed by atoms with E-state index in [1.807, 2.05) is 6.07 Å². The van der Waals surface area contributed by atoms with Gasteiger partial charge < -0.3 is 9.72 Å². The number of aromatic amines is 1. The van der Waals surface area contributed by atoms with Gasteiger partial charge in [0.2, 0.25) is 0 Å². The summed E-state index contributed by atoms with van der Waals surface area (Å²) in [6.07, 6.45) is 1.66. The fourth-order valence-electron chi connectivity index (χ4n) is 2.25. The number of esters is 1. The molecule has 1 aromatic heterocycles. The van der Waals surface area contributed by atoms with Crippen LogP contribution in [-0.4, -0.2) is 23.0 Å². The summed E-state index contributed by atoms with van der Waals surface area (Å²) in [5, 5.41) is 0.803. The lowest BCUT2D eigenvalue weighted by atomic mass is 10.1. The van der Waals surface area contributed by atoms with Crippen LogP contribution in [0.5, 0.6) is 0 Å². The summed E-state index contributed by atoms with van der Waals surface area (Å²) in [5.41, 5.74) is 1.54. The molecule has 0 aliphatic heterocycles. The molecule has 0 unspecified atom stereocenters. The molecule has 0 atom stereocenters. The molecule has 3 aromatic rings. The van der Waals surface area contributed by atoms with E-state index in [9.17, 15) is 9.59 Å². The molecule has 24 heavy (non-hydrogen) atoms. The standard InChI is InChI=1S/C18H13ClN2O3/c1-24-18(23)12-8-6-11(7-9-12)10-14(19)16-20-15-5-3-2-4-13(15)17(22)21-16/h2-10H,1H3,(H,20,21,22). The SMILES string of the molecule is COC(=O)c1ccc(C=C(Cl)c2nc3ccccc3c(=O)[nH]2)cc1. The Bertz CT molecular complexity index is 991. The minimum Gasteiger partial charge on any atom is -0.465 e. The van der Waals surface area contributed by atoms with Crippen LogP contribution in [0, 0.1) is 0 Å². The number of nitrogens with one attached hydrogen (secondary N) is 1. The van der Waals surface area contributed by atoms with Gasteiger partial charge in [-0.05, 0) is 35.9 Å². The van der Waals surface area contributed by atoms with Crippen molar-refractivity contribution in [2.45, 2.75) is 0 Å². The highest BCUT2D eigenvalue weighted by Crippen LogP contribution is 2.20. The van der Waals surface area contributed by atoms with Crippen molar-refractivity contribution in [2.75, 3.05) is 7.11 Å². The number of hydrogen-bond acceptors (Lipinski definition) is 4. The van der Waals surface area contributed by atoms with Gasteiger partial charge in [0.1, 0.15) is 0 Å². The summed E-state index contributed by atoms with van der Waals surface area (Å²) in [7, 11) is 1.33. The monoisotopic (exact) mass is 340 g/mol. The number of ether oxygens (including phenoxy) is 1. The van der Waals surface area contributed by atoms with E-state index in [-0.39, 0.29) is 11.4 Å². The number of para-hydroxylation sites is 1. The van der Waals surface area contributed by atoms with Crippen molar-refractivity contribution >= 4 is 39.6 Å². The second-order valence-electron chi connectivity index (χ2n) is 5.04. The van der Waals surface area contributed by atoms with Gasteiger partial charge in [-0.2, -0.15) is 0 Å². The number of rotatable bonds is 3. The normalized spacial score (nSPS) is 11.5. The molecular formula is C18H13ClN2O3. The minimum atomic E-state index is -0.405. The number of nitrogens with zero attached hydrogens (tertiary/aromatic N) is 1. The number of carbonyl (C=O) groups is 1. The zero-order valence-corrected chi connectivity index (χ0v) is 13.5. The summed E-state index contributed by atoms with van der Waals surface area (Å²) in [6.45, 7) is 0. The molecule has 0 saturated carbocycles. The zero-order chi connectivity index (χ0) is 17.1. The Balaban J connectivity index is 1.96. The van der Waals surface area contributed by atoms with Crippen LogP contribution in [0.1, 0.15) is 21.7 Å². The first-order valence-electron chi connectivity index (χ1n) is 7.13. The van der Waals surface area contributed by atoms with E-state index in [1.165, 1.54) is 7.11 Å². The summed E-state index contributed by atoms with van der Waals surface area (Å²) in [5.74, 6) is -0.116. The summed E-state index contributed by atoms with van der Waals surface area (Å²) < 4.78 is 4.65. The van der Waals surface area contributed by atoms with E-state index < -0.39 is 5.97 Å². The molecule has 0 aliphatic carbocycles. The predicted octanol–water partition coefficient (Wildman–Crippen LogP) is 3.45. The third-order valence-electron chi connectivity index (χ3n) is 3.46. The number of methoxy groups -OCH3 is 1. The van der Waals surface area contributed by atoms with Crippen LogP contribution in [0.15, 0.2) is 53.3 Å². The molecule has 1 heterocycles. The molecule has 5 nitrogen and oxygen atoms in total. The lowest BCUT2D eigenvalue weighted by molar-refractivity contribution is 0.0600. The Morgan fingerprint density at radius 1 is 1.17 bits per heavy atom. The molecule has 3 rings (SSSR count). The Labute approximate surface area is 142 Å². The molecule has 0 bridgehead atoms. The Morgan fingerprint density at radius 3 is 2.58 bits per heavy atom. The van der Waals surface area contributed by atoms with Crippen molar-refractivity contribution < 1.29 is 9.53 Å². The fourth-order valence-corrected chi connectivity index (χ4v) is 2.46. The van der Waals surface area contributed by atoms with E-state index in [2.05, 4.69) is 14.7 Å². The van der Waals surface area contributed by atoms with E-state index >= 15 is 0 Å². The quantitative estimate of drug-likeness (QED) is 0.741. The largest absolute Gasteiger partial charge is 0.465 e. The molecule has 0 aliphatic rings. The molecule has 0 fully saturated rings. The van der Waals surface area contributed by atoms with Crippen LogP contribution in [0.4, 0.5) is 0 Å². The maximum atomic E-state index is 12.1. The van der Waals surface area contributed by atoms with E-state index in [4.69, 9.17) is 11.6 Å². The third kappa shape index (κ3) is 3.21.